The Kier molecular flexibility index (Phi) is 3.86. The van der Waals surface area contributed by atoms with E-state index >= 15 is 0 Å². The lowest BCUT2D eigenvalue weighted by molar-refractivity contribution is 0.742. The zero-order chi connectivity index (χ0) is 15.5. The fraction of sp³-hybridized carbons (Fsp3) is 0.333. The average Bonchev–Trinajstić information content (AvgIpc) is 3.14. The number of benzene rings is 1. The fourth-order valence-electron chi connectivity index (χ4n) is 2.33. The first-order valence-corrected chi connectivity index (χ1v) is 7.25. The van der Waals surface area contributed by atoms with E-state index in [4.69, 9.17) is 0 Å². The van der Waals surface area contributed by atoms with Crippen molar-refractivity contribution in [3.63, 3.8) is 0 Å². The summed E-state index contributed by atoms with van der Waals surface area (Å²) in [6, 6.07) is 8.15. The van der Waals surface area contributed by atoms with Crippen LogP contribution in [0.1, 0.15) is 18.1 Å². The van der Waals surface area contributed by atoms with Crippen molar-refractivity contribution in [2.24, 2.45) is 7.05 Å². The van der Waals surface area contributed by atoms with Gasteiger partial charge in [-0.15, -0.1) is 0 Å². The molecule has 7 heteroatoms. The molecule has 0 spiro atoms. The number of hydrogen-bond acceptors (Lipinski definition) is 5. The molecule has 22 heavy (non-hydrogen) atoms. The van der Waals surface area contributed by atoms with Gasteiger partial charge in [-0.3, -0.25) is 4.68 Å². The molecular formula is C15H19N7. The van der Waals surface area contributed by atoms with Gasteiger partial charge in [0, 0.05) is 31.9 Å². The van der Waals surface area contributed by atoms with Crippen LogP contribution in [0.3, 0.4) is 0 Å². The molecular weight excluding hydrogens is 278 g/mol. The van der Waals surface area contributed by atoms with Gasteiger partial charge in [0.2, 0.25) is 0 Å². The summed E-state index contributed by atoms with van der Waals surface area (Å²) >= 11 is 0. The lowest BCUT2D eigenvalue weighted by atomic mass is 10.2. The second kappa shape index (κ2) is 5.97. The Balaban J connectivity index is 1.90. The Morgan fingerprint density at radius 3 is 2.59 bits per heavy atom. The van der Waals surface area contributed by atoms with Crippen molar-refractivity contribution in [2.75, 3.05) is 11.4 Å². The van der Waals surface area contributed by atoms with Crippen LogP contribution in [0.15, 0.2) is 36.7 Å². The number of nitrogens with zero attached hydrogens (tertiary/aromatic N) is 7. The molecule has 114 valence electrons. The van der Waals surface area contributed by atoms with E-state index in [1.165, 1.54) is 5.56 Å². The van der Waals surface area contributed by atoms with Crippen LogP contribution >= 0.6 is 0 Å². The van der Waals surface area contributed by atoms with Crippen molar-refractivity contribution in [3.8, 4) is 5.69 Å². The molecule has 0 aliphatic carbocycles. The van der Waals surface area contributed by atoms with E-state index in [0.29, 0.717) is 0 Å². The van der Waals surface area contributed by atoms with Crippen LogP contribution in [0.5, 0.6) is 0 Å². The molecule has 0 fully saturated rings. The second-order valence-electron chi connectivity index (χ2n) is 5.26. The van der Waals surface area contributed by atoms with E-state index in [1.54, 1.807) is 9.36 Å². The molecule has 2 heterocycles. The maximum Gasteiger partial charge on any atom is 0.250 e. The average molecular weight is 297 g/mol. The zero-order valence-electron chi connectivity index (χ0n) is 13.0. The molecule has 1 aromatic carbocycles. The van der Waals surface area contributed by atoms with E-state index < -0.39 is 0 Å². The van der Waals surface area contributed by atoms with Gasteiger partial charge in [-0.2, -0.15) is 9.78 Å². The van der Waals surface area contributed by atoms with E-state index in [-0.39, 0.29) is 0 Å². The lowest BCUT2D eigenvalue weighted by Gasteiger charge is -2.20. The molecule has 0 aliphatic rings. The highest BCUT2D eigenvalue weighted by Gasteiger charge is 2.16. The first-order chi connectivity index (χ1) is 10.7. The minimum absolute atomic E-state index is 0.719. The molecule has 3 rings (SSSR count). The molecule has 0 unspecified atom stereocenters. The molecule has 0 amide bonds. The molecule has 0 saturated heterocycles. The monoisotopic (exact) mass is 297 g/mol. The molecule has 2 aromatic heterocycles. The number of anilines is 1. The van der Waals surface area contributed by atoms with Crippen molar-refractivity contribution in [2.45, 2.75) is 20.4 Å². The Morgan fingerprint density at radius 2 is 1.95 bits per heavy atom. The maximum absolute atomic E-state index is 4.21. The largest absolute Gasteiger partial charge is 0.335 e. The Bertz CT molecular complexity index is 741. The van der Waals surface area contributed by atoms with Crippen molar-refractivity contribution >= 4 is 5.95 Å². The lowest BCUT2D eigenvalue weighted by Crippen LogP contribution is -2.25. The van der Waals surface area contributed by atoms with E-state index in [0.717, 1.165) is 30.3 Å². The Hall–Kier alpha value is -2.70. The molecule has 7 nitrogen and oxygen atoms in total. The third-order valence-electron chi connectivity index (χ3n) is 3.53. The molecule has 0 saturated carbocycles. The van der Waals surface area contributed by atoms with Gasteiger partial charge in [0.05, 0.1) is 11.9 Å². The predicted octanol–water partition coefficient (Wildman–Crippen LogP) is 1.73. The minimum Gasteiger partial charge on any atom is -0.335 e. The maximum atomic E-state index is 4.21. The molecule has 0 bridgehead atoms. The Morgan fingerprint density at radius 1 is 1.18 bits per heavy atom. The fourth-order valence-corrected chi connectivity index (χ4v) is 2.33. The van der Waals surface area contributed by atoms with Crippen molar-refractivity contribution in [3.05, 3.63) is 47.8 Å². The SMILES string of the molecule is CCN(Cc1cnn(C)c1)c1nnnn1-c1ccc(C)cc1. The van der Waals surface area contributed by atoms with Gasteiger partial charge in [-0.1, -0.05) is 22.8 Å². The minimum atomic E-state index is 0.719. The third kappa shape index (κ3) is 2.83. The summed E-state index contributed by atoms with van der Waals surface area (Å²) in [6.45, 7) is 5.67. The number of hydrogen-bond donors (Lipinski definition) is 0. The van der Waals surface area contributed by atoms with Crippen LogP contribution < -0.4 is 4.90 Å². The van der Waals surface area contributed by atoms with Gasteiger partial charge >= 0.3 is 0 Å². The summed E-state index contributed by atoms with van der Waals surface area (Å²) in [5.74, 6) is 0.732. The highest BCUT2D eigenvalue weighted by atomic mass is 15.6. The second-order valence-corrected chi connectivity index (χ2v) is 5.26. The zero-order valence-corrected chi connectivity index (χ0v) is 13.0. The van der Waals surface area contributed by atoms with E-state index in [1.807, 2.05) is 31.6 Å². The van der Waals surface area contributed by atoms with Crippen LogP contribution in [0.4, 0.5) is 5.95 Å². The van der Waals surface area contributed by atoms with Crippen LogP contribution in [-0.2, 0) is 13.6 Å². The summed E-state index contributed by atoms with van der Waals surface area (Å²) in [4.78, 5) is 2.12. The molecule has 0 radical (unpaired) electrons. The number of tetrazole rings is 1. The van der Waals surface area contributed by atoms with Gasteiger partial charge in [-0.25, -0.2) is 0 Å². The van der Waals surface area contributed by atoms with Gasteiger partial charge in [0.15, 0.2) is 0 Å². The van der Waals surface area contributed by atoms with Gasteiger partial charge < -0.3 is 4.90 Å². The number of aryl methyl sites for hydroxylation is 2. The summed E-state index contributed by atoms with van der Waals surface area (Å²) in [7, 11) is 1.91. The molecule has 3 aromatic rings. The quantitative estimate of drug-likeness (QED) is 0.717. The predicted molar refractivity (Wildman–Crippen MR) is 83.8 cm³/mol. The van der Waals surface area contributed by atoms with Crippen molar-refractivity contribution in [1.29, 1.82) is 0 Å². The van der Waals surface area contributed by atoms with Gasteiger partial charge in [0.25, 0.3) is 5.95 Å². The first kappa shape index (κ1) is 14.2. The first-order valence-electron chi connectivity index (χ1n) is 7.25. The van der Waals surface area contributed by atoms with Crippen LogP contribution in [-0.4, -0.2) is 36.5 Å². The highest BCUT2D eigenvalue weighted by Crippen LogP contribution is 2.18. The normalized spacial score (nSPS) is 10.9. The van der Waals surface area contributed by atoms with Crippen LogP contribution in [0, 0.1) is 6.92 Å². The highest BCUT2D eigenvalue weighted by molar-refractivity contribution is 5.42. The molecule has 0 atom stereocenters. The number of aromatic nitrogens is 6. The summed E-state index contributed by atoms with van der Waals surface area (Å²) in [6.07, 6.45) is 3.87. The topological polar surface area (TPSA) is 64.7 Å². The van der Waals surface area contributed by atoms with Gasteiger partial charge in [0.1, 0.15) is 0 Å². The smallest absolute Gasteiger partial charge is 0.250 e. The molecule has 0 N–H and O–H groups in total. The van der Waals surface area contributed by atoms with Crippen LogP contribution in [0.2, 0.25) is 0 Å². The summed E-state index contributed by atoms with van der Waals surface area (Å²) in [5, 5.41) is 16.4. The molecule has 0 aliphatic heterocycles. The standard InChI is InChI=1S/C15H19N7/c1-4-21(11-13-9-16-20(3)10-13)15-17-18-19-22(15)14-7-5-12(2)6-8-14/h5-10H,4,11H2,1-3H3. The Labute approximate surface area is 129 Å². The summed E-state index contributed by atoms with van der Waals surface area (Å²) < 4.78 is 3.56. The number of rotatable bonds is 5. The summed E-state index contributed by atoms with van der Waals surface area (Å²) in [5.41, 5.74) is 3.29. The van der Waals surface area contributed by atoms with Crippen molar-refractivity contribution < 1.29 is 0 Å². The van der Waals surface area contributed by atoms with Gasteiger partial charge in [-0.05, 0) is 36.4 Å². The van der Waals surface area contributed by atoms with E-state index in [9.17, 15) is 0 Å². The van der Waals surface area contributed by atoms with Crippen molar-refractivity contribution in [1.82, 2.24) is 30.0 Å². The van der Waals surface area contributed by atoms with E-state index in [2.05, 4.69) is 51.5 Å². The van der Waals surface area contributed by atoms with Crippen LogP contribution in [0.25, 0.3) is 5.69 Å². The third-order valence-corrected chi connectivity index (χ3v) is 3.53.